The zero-order valence-corrected chi connectivity index (χ0v) is 17.4. The van der Waals surface area contributed by atoms with E-state index in [1.165, 1.54) is 12.1 Å². The molecule has 6 N–H and O–H groups in total. The van der Waals surface area contributed by atoms with E-state index in [-0.39, 0.29) is 22.5 Å². The second kappa shape index (κ2) is 7.97. The highest BCUT2D eigenvalue weighted by Gasteiger charge is 2.35. The number of aromatic nitrogens is 1. The van der Waals surface area contributed by atoms with Crippen LogP contribution in [0.5, 0.6) is 0 Å². The standard InChI is InChI=1S/C21H22N6O3S/c22-19(23)15-3-1-2-13(10-15)12-27-9-7-18(21(27)28)26-31(29,30)16-5-4-14-6-8-25-20(24)17(14)11-16/h1-6,8,10-11,18,26H,7,9,12H2,(H3,22,23)(H2,24,25)/t18-/m0/s1. The fourth-order valence-corrected chi connectivity index (χ4v) is 4.90. The van der Waals surface area contributed by atoms with Crippen LogP contribution in [0.4, 0.5) is 5.82 Å². The zero-order chi connectivity index (χ0) is 22.2. The number of amidine groups is 1. The molecule has 0 spiro atoms. The molecule has 31 heavy (non-hydrogen) atoms. The first-order chi connectivity index (χ1) is 14.7. The lowest BCUT2D eigenvalue weighted by Gasteiger charge is -2.18. The maximum Gasteiger partial charge on any atom is 0.241 e. The van der Waals surface area contributed by atoms with E-state index in [9.17, 15) is 13.2 Å². The van der Waals surface area contributed by atoms with Crippen molar-refractivity contribution in [2.45, 2.75) is 23.9 Å². The summed E-state index contributed by atoms with van der Waals surface area (Å²) in [4.78, 5) is 18.4. The summed E-state index contributed by atoms with van der Waals surface area (Å²) < 4.78 is 28.3. The minimum absolute atomic E-state index is 0.0279. The topological polar surface area (TPSA) is 155 Å². The Hall–Kier alpha value is -3.50. The molecule has 1 atom stereocenters. The van der Waals surface area contributed by atoms with Crippen LogP contribution in [0.1, 0.15) is 17.5 Å². The van der Waals surface area contributed by atoms with Gasteiger partial charge in [0.05, 0.1) is 4.90 Å². The number of hydrogen-bond donors (Lipinski definition) is 4. The van der Waals surface area contributed by atoms with Crippen molar-refractivity contribution in [2.24, 2.45) is 5.73 Å². The van der Waals surface area contributed by atoms with Crippen LogP contribution in [0, 0.1) is 5.41 Å². The molecular weight excluding hydrogens is 416 g/mol. The SMILES string of the molecule is N=C(N)c1cccc(CN2CC[C@H](NS(=O)(=O)c3ccc4ccnc(N)c4c3)C2=O)c1. The van der Waals surface area contributed by atoms with Gasteiger partial charge in [-0.2, -0.15) is 4.72 Å². The number of hydrogen-bond acceptors (Lipinski definition) is 6. The summed E-state index contributed by atoms with van der Waals surface area (Å²) in [5.74, 6) is -0.101. The largest absolute Gasteiger partial charge is 0.384 e. The summed E-state index contributed by atoms with van der Waals surface area (Å²) in [5.41, 5.74) is 12.8. The summed E-state index contributed by atoms with van der Waals surface area (Å²) in [5, 5.41) is 8.86. The molecule has 0 radical (unpaired) electrons. The van der Waals surface area contributed by atoms with Gasteiger partial charge in [-0.05, 0) is 41.6 Å². The second-order valence-corrected chi connectivity index (χ2v) is 9.13. The van der Waals surface area contributed by atoms with Crippen LogP contribution < -0.4 is 16.2 Å². The number of nitrogen functional groups attached to an aromatic ring is 2. The van der Waals surface area contributed by atoms with E-state index in [1.54, 1.807) is 41.4 Å². The van der Waals surface area contributed by atoms with Crippen molar-refractivity contribution in [2.75, 3.05) is 12.3 Å². The number of amides is 1. The number of anilines is 1. The van der Waals surface area contributed by atoms with E-state index in [4.69, 9.17) is 16.9 Å². The Bertz CT molecular complexity index is 1290. The Balaban J connectivity index is 1.50. The molecule has 1 aromatic heterocycles. The lowest BCUT2D eigenvalue weighted by atomic mass is 10.1. The molecule has 1 aliphatic heterocycles. The summed E-state index contributed by atoms with van der Waals surface area (Å²) in [7, 11) is -3.92. The first kappa shape index (κ1) is 20.8. The van der Waals surface area contributed by atoms with Crippen LogP contribution in [-0.4, -0.2) is 42.6 Å². The van der Waals surface area contributed by atoms with Crippen LogP contribution in [-0.2, 0) is 21.4 Å². The van der Waals surface area contributed by atoms with E-state index in [1.807, 2.05) is 6.07 Å². The highest BCUT2D eigenvalue weighted by Crippen LogP contribution is 2.24. The third-order valence-corrected chi connectivity index (χ3v) is 6.75. The number of nitrogens with two attached hydrogens (primary N) is 2. The Morgan fingerprint density at radius 3 is 2.81 bits per heavy atom. The molecule has 4 rings (SSSR count). The van der Waals surface area contributed by atoms with E-state index in [0.29, 0.717) is 30.5 Å². The molecule has 160 valence electrons. The molecule has 3 aromatic rings. The number of likely N-dealkylation sites (tertiary alicyclic amines) is 1. The van der Waals surface area contributed by atoms with Crippen LogP contribution in [0.3, 0.4) is 0 Å². The Morgan fingerprint density at radius 2 is 2.03 bits per heavy atom. The number of fused-ring (bicyclic) bond motifs is 1. The van der Waals surface area contributed by atoms with Crippen molar-refractivity contribution < 1.29 is 13.2 Å². The number of benzene rings is 2. The number of carbonyl (C=O) groups is 1. The predicted octanol–water partition coefficient (Wildman–Crippen LogP) is 1.18. The predicted molar refractivity (Wildman–Crippen MR) is 118 cm³/mol. The highest BCUT2D eigenvalue weighted by atomic mass is 32.2. The summed E-state index contributed by atoms with van der Waals surface area (Å²) in [6.07, 6.45) is 1.92. The molecule has 0 aliphatic carbocycles. The smallest absolute Gasteiger partial charge is 0.241 e. The number of pyridine rings is 1. The fraction of sp³-hybridized carbons (Fsp3) is 0.190. The average Bonchev–Trinajstić information content (AvgIpc) is 3.07. The molecule has 9 nitrogen and oxygen atoms in total. The van der Waals surface area contributed by atoms with Crippen molar-refractivity contribution >= 4 is 38.4 Å². The van der Waals surface area contributed by atoms with Crippen molar-refractivity contribution in [1.29, 1.82) is 5.41 Å². The maximum absolute atomic E-state index is 12.9. The van der Waals surface area contributed by atoms with Gasteiger partial charge in [-0.25, -0.2) is 13.4 Å². The molecule has 2 aromatic carbocycles. The van der Waals surface area contributed by atoms with E-state index in [2.05, 4.69) is 9.71 Å². The lowest BCUT2D eigenvalue weighted by Crippen LogP contribution is -2.41. The molecule has 2 heterocycles. The van der Waals surface area contributed by atoms with Gasteiger partial charge in [0.15, 0.2) is 0 Å². The van der Waals surface area contributed by atoms with Gasteiger partial charge in [-0.3, -0.25) is 10.2 Å². The Labute approximate surface area is 179 Å². The summed E-state index contributed by atoms with van der Waals surface area (Å²) in [6, 6.07) is 12.6. The van der Waals surface area contributed by atoms with Crippen LogP contribution in [0.15, 0.2) is 59.6 Å². The Morgan fingerprint density at radius 1 is 1.23 bits per heavy atom. The normalized spacial score (nSPS) is 16.7. The highest BCUT2D eigenvalue weighted by molar-refractivity contribution is 7.89. The molecule has 0 bridgehead atoms. The number of sulfonamides is 1. The molecule has 1 fully saturated rings. The molecule has 0 unspecified atom stereocenters. The maximum atomic E-state index is 12.9. The summed E-state index contributed by atoms with van der Waals surface area (Å²) >= 11 is 0. The first-order valence-corrected chi connectivity index (χ1v) is 11.1. The molecule has 1 saturated heterocycles. The van der Waals surface area contributed by atoms with Gasteiger partial charge in [-0.1, -0.05) is 24.3 Å². The molecule has 10 heteroatoms. The molecule has 1 aliphatic rings. The average molecular weight is 439 g/mol. The number of rotatable bonds is 6. The van der Waals surface area contributed by atoms with Gasteiger partial charge in [0.25, 0.3) is 0 Å². The van der Waals surface area contributed by atoms with E-state index < -0.39 is 16.1 Å². The van der Waals surface area contributed by atoms with Crippen molar-refractivity contribution in [3.8, 4) is 0 Å². The lowest BCUT2D eigenvalue weighted by molar-refractivity contribution is -0.129. The third-order valence-electron chi connectivity index (χ3n) is 5.29. The monoisotopic (exact) mass is 438 g/mol. The van der Waals surface area contributed by atoms with Crippen LogP contribution in [0.25, 0.3) is 10.8 Å². The molecular formula is C21H22N6O3S. The second-order valence-electron chi connectivity index (χ2n) is 7.42. The van der Waals surface area contributed by atoms with Gasteiger partial charge >= 0.3 is 0 Å². The van der Waals surface area contributed by atoms with Crippen molar-refractivity contribution in [1.82, 2.24) is 14.6 Å². The van der Waals surface area contributed by atoms with Crippen molar-refractivity contribution in [3.05, 3.63) is 65.9 Å². The summed E-state index contributed by atoms with van der Waals surface area (Å²) in [6.45, 7) is 0.737. The fourth-order valence-electron chi connectivity index (χ4n) is 3.66. The number of nitrogens with one attached hydrogen (secondary N) is 2. The van der Waals surface area contributed by atoms with Gasteiger partial charge in [0.2, 0.25) is 15.9 Å². The van der Waals surface area contributed by atoms with Crippen LogP contribution in [0.2, 0.25) is 0 Å². The molecule has 1 amide bonds. The van der Waals surface area contributed by atoms with Crippen LogP contribution >= 0.6 is 0 Å². The zero-order valence-electron chi connectivity index (χ0n) is 16.6. The minimum Gasteiger partial charge on any atom is -0.384 e. The molecule has 0 saturated carbocycles. The van der Waals surface area contributed by atoms with Gasteiger partial charge in [0.1, 0.15) is 17.7 Å². The third kappa shape index (κ3) is 4.21. The van der Waals surface area contributed by atoms with Gasteiger partial charge in [-0.15, -0.1) is 0 Å². The van der Waals surface area contributed by atoms with E-state index in [0.717, 1.165) is 10.9 Å². The number of carbonyl (C=O) groups excluding carboxylic acids is 1. The minimum atomic E-state index is -3.92. The quantitative estimate of drug-likeness (QED) is 0.334. The van der Waals surface area contributed by atoms with Gasteiger partial charge < -0.3 is 16.4 Å². The number of nitrogens with zero attached hydrogens (tertiary/aromatic N) is 2. The first-order valence-electron chi connectivity index (χ1n) is 9.63. The van der Waals surface area contributed by atoms with E-state index >= 15 is 0 Å². The Kier molecular flexibility index (Phi) is 5.34. The van der Waals surface area contributed by atoms with Gasteiger partial charge in [0, 0.05) is 30.2 Å². The van der Waals surface area contributed by atoms with Crippen molar-refractivity contribution in [3.63, 3.8) is 0 Å².